The summed E-state index contributed by atoms with van der Waals surface area (Å²) < 4.78 is 0. The molecule has 0 aromatic carbocycles. The Morgan fingerprint density at radius 3 is 2.12 bits per heavy atom. The van der Waals surface area contributed by atoms with Crippen LogP contribution >= 0.6 is 0 Å². The molecule has 2 aliphatic rings. The first-order chi connectivity index (χ1) is 3.90. The minimum absolute atomic E-state index is 1.12. The molecule has 0 aliphatic heterocycles. The summed E-state index contributed by atoms with van der Waals surface area (Å²) in [6, 6.07) is 0. The Morgan fingerprint density at radius 2 is 1.75 bits per heavy atom. The maximum Gasteiger partial charge on any atom is -0.0380 e. The largest absolute Gasteiger partial charge is 0.0651 e. The van der Waals surface area contributed by atoms with Crippen molar-refractivity contribution in [1.82, 2.24) is 0 Å². The van der Waals surface area contributed by atoms with Crippen LogP contribution in [0.2, 0.25) is 0 Å². The molecule has 0 heteroatoms. The van der Waals surface area contributed by atoms with Gasteiger partial charge in [-0.15, -0.1) is 0 Å². The molecule has 0 heterocycles. The zero-order valence-electron chi connectivity index (χ0n) is 5.56. The quantitative estimate of drug-likeness (QED) is 0.486. The fourth-order valence-corrected chi connectivity index (χ4v) is 2.17. The third kappa shape index (κ3) is 0.586. The van der Waals surface area contributed by atoms with E-state index in [1.807, 2.05) is 0 Å². The van der Waals surface area contributed by atoms with Gasteiger partial charge in [-0.05, 0) is 37.0 Å². The summed E-state index contributed by atoms with van der Waals surface area (Å²) in [4.78, 5) is 0. The van der Waals surface area contributed by atoms with E-state index in [4.69, 9.17) is 0 Å². The number of hydrogen-bond donors (Lipinski definition) is 0. The Balaban J connectivity index is 1.89. The molecular weight excluding hydrogens is 96.1 g/mol. The van der Waals surface area contributed by atoms with Crippen LogP contribution in [-0.2, 0) is 0 Å². The molecule has 2 rings (SSSR count). The van der Waals surface area contributed by atoms with Gasteiger partial charge in [0.1, 0.15) is 0 Å². The molecule has 2 fully saturated rings. The lowest BCUT2D eigenvalue weighted by atomic mass is 10.0. The molecule has 0 aromatic heterocycles. The monoisotopic (exact) mass is 110 g/mol. The second-order valence-corrected chi connectivity index (χ2v) is 3.50. The van der Waals surface area contributed by atoms with E-state index in [2.05, 4.69) is 6.92 Å². The van der Waals surface area contributed by atoms with E-state index in [1.165, 1.54) is 18.3 Å². The molecule has 0 nitrogen and oxygen atoms in total. The van der Waals surface area contributed by atoms with Crippen LogP contribution < -0.4 is 0 Å². The lowest BCUT2D eigenvalue weighted by Gasteiger charge is -2.04. The van der Waals surface area contributed by atoms with Crippen molar-refractivity contribution < 1.29 is 0 Å². The number of hydrogen-bond acceptors (Lipinski definition) is 0. The predicted octanol–water partition coefficient (Wildman–Crippen LogP) is 2.44. The number of rotatable bonds is 1. The summed E-state index contributed by atoms with van der Waals surface area (Å²) in [5, 5.41) is 0. The average molecular weight is 110 g/mol. The molecule has 0 unspecified atom stereocenters. The van der Waals surface area contributed by atoms with Crippen LogP contribution in [0, 0.1) is 17.8 Å². The second kappa shape index (κ2) is 1.49. The van der Waals surface area contributed by atoms with Crippen LogP contribution in [0.15, 0.2) is 0 Å². The Hall–Kier alpha value is 0. The van der Waals surface area contributed by atoms with Gasteiger partial charge in [-0.25, -0.2) is 0 Å². The van der Waals surface area contributed by atoms with Crippen molar-refractivity contribution >= 4 is 0 Å². The standard InChI is InChI=1S/C8H14/c1-2-6-3-7-5-8(7)4-6/h6-8H,2-5H2,1H3/t7-,8-/m0/s1. The summed E-state index contributed by atoms with van der Waals surface area (Å²) in [6.45, 7) is 2.33. The summed E-state index contributed by atoms with van der Waals surface area (Å²) in [5.74, 6) is 3.51. The van der Waals surface area contributed by atoms with Gasteiger partial charge in [-0.1, -0.05) is 13.3 Å². The third-order valence-corrected chi connectivity index (χ3v) is 2.92. The van der Waals surface area contributed by atoms with Crippen molar-refractivity contribution in [2.45, 2.75) is 32.6 Å². The molecule has 8 heavy (non-hydrogen) atoms. The molecule has 0 bridgehead atoms. The number of fused-ring (bicyclic) bond motifs is 1. The van der Waals surface area contributed by atoms with E-state index in [0.29, 0.717) is 0 Å². The Labute approximate surface area is 51.3 Å². The van der Waals surface area contributed by atoms with Crippen molar-refractivity contribution in [3.05, 3.63) is 0 Å². The average Bonchev–Trinajstić information content (AvgIpc) is 2.40. The van der Waals surface area contributed by atoms with Crippen LogP contribution in [0.25, 0.3) is 0 Å². The first-order valence-electron chi connectivity index (χ1n) is 3.90. The van der Waals surface area contributed by atoms with Crippen molar-refractivity contribution in [3.8, 4) is 0 Å². The normalized spacial score (nSPS) is 44.6. The van der Waals surface area contributed by atoms with E-state index in [1.54, 1.807) is 19.3 Å². The van der Waals surface area contributed by atoms with E-state index in [9.17, 15) is 0 Å². The van der Waals surface area contributed by atoms with Gasteiger partial charge >= 0.3 is 0 Å². The topological polar surface area (TPSA) is 0 Å². The first-order valence-corrected chi connectivity index (χ1v) is 3.90. The molecule has 0 N–H and O–H groups in total. The molecule has 0 radical (unpaired) electrons. The molecule has 2 atom stereocenters. The SMILES string of the molecule is CCC1C[C@H]2C[C@@H]2C1. The van der Waals surface area contributed by atoms with Crippen LogP contribution in [0.5, 0.6) is 0 Å². The minimum Gasteiger partial charge on any atom is -0.0651 e. The lowest BCUT2D eigenvalue weighted by molar-refractivity contribution is 0.473. The lowest BCUT2D eigenvalue weighted by Crippen LogP contribution is -1.92. The van der Waals surface area contributed by atoms with Gasteiger partial charge in [0, 0.05) is 0 Å². The second-order valence-electron chi connectivity index (χ2n) is 3.50. The van der Waals surface area contributed by atoms with E-state index < -0.39 is 0 Å². The molecule has 0 saturated heterocycles. The van der Waals surface area contributed by atoms with Crippen molar-refractivity contribution in [2.75, 3.05) is 0 Å². The van der Waals surface area contributed by atoms with Gasteiger partial charge in [0.15, 0.2) is 0 Å². The van der Waals surface area contributed by atoms with E-state index >= 15 is 0 Å². The smallest absolute Gasteiger partial charge is 0.0380 e. The highest BCUT2D eigenvalue weighted by Gasteiger charge is 2.44. The highest BCUT2D eigenvalue weighted by Crippen LogP contribution is 2.54. The molecule has 0 aromatic rings. The molecule has 2 saturated carbocycles. The van der Waals surface area contributed by atoms with Gasteiger partial charge in [0.05, 0.1) is 0 Å². The summed E-state index contributed by atoms with van der Waals surface area (Å²) in [5.41, 5.74) is 0. The maximum absolute atomic E-state index is 2.33. The molecule has 0 spiro atoms. The van der Waals surface area contributed by atoms with Crippen molar-refractivity contribution in [3.63, 3.8) is 0 Å². The zero-order valence-corrected chi connectivity index (χ0v) is 5.56. The summed E-state index contributed by atoms with van der Waals surface area (Å²) >= 11 is 0. The Morgan fingerprint density at radius 1 is 1.12 bits per heavy atom. The molecular formula is C8H14. The molecule has 0 amide bonds. The fraction of sp³-hybridized carbons (Fsp3) is 1.00. The van der Waals surface area contributed by atoms with Gasteiger partial charge in [0.25, 0.3) is 0 Å². The highest BCUT2D eigenvalue weighted by molar-refractivity contribution is 4.95. The maximum atomic E-state index is 2.33. The summed E-state index contributed by atoms with van der Waals surface area (Å²) in [6.07, 6.45) is 6.16. The van der Waals surface area contributed by atoms with Crippen LogP contribution in [0.4, 0.5) is 0 Å². The van der Waals surface area contributed by atoms with Crippen LogP contribution in [0.3, 0.4) is 0 Å². The van der Waals surface area contributed by atoms with Crippen molar-refractivity contribution in [2.24, 2.45) is 17.8 Å². The van der Waals surface area contributed by atoms with Gasteiger partial charge in [-0.2, -0.15) is 0 Å². The van der Waals surface area contributed by atoms with E-state index in [0.717, 1.165) is 5.92 Å². The first kappa shape index (κ1) is 4.84. The summed E-state index contributed by atoms with van der Waals surface area (Å²) in [7, 11) is 0. The van der Waals surface area contributed by atoms with Gasteiger partial charge < -0.3 is 0 Å². The fourth-order valence-electron chi connectivity index (χ4n) is 2.17. The minimum atomic E-state index is 1.12. The van der Waals surface area contributed by atoms with Gasteiger partial charge in [-0.3, -0.25) is 0 Å². The third-order valence-electron chi connectivity index (χ3n) is 2.92. The van der Waals surface area contributed by atoms with E-state index in [-0.39, 0.29) is 0 Å². The van der Waals surface area contributed by atoms with Crippen molar-refractivity contribution in [1.29, 1.82) is 0 Å². The molecule has 2 aliphatic carbocycles. The van der Waals surface area contributed by atoms with Gasteiger partial charge in [0.2, 0.25) is 0 Å². The zero-order chi connectivity index (χ0) is 5.56. The van der Waals surface area contributed by atoms with Crippen LogP contribution in [0.1, 0.15) is 32.6 Å². The molecule has 46 valence electrons. The highest BCUT2D eigenvalue weighted by atomic mass is 14.5. The predicted molar refractivity (Wildman–Crippen MR) is 34.6 cm³/mol. The van der Waals surface area contributed by atoms with Crippen LogP contribution in [-0.4, -0.2) is 0 Å². The Kier molecular flexibility index (Phi) is 0.902. The Bertz CT molecular complexity index is 86.2.